The van der Waals surface area contributed by atoms with Crippen molar-refractivity contribution in [2.45, 2.75) is 19.3 Å². The van der Waals surface area contributed by atoms with Gasteiger partial charge in [-0.2, -0.15) is 0 Å². The van der Waals surface area contributed by atoms with Crippen molar-refractivity contribution < 1.29 is 10.2 Å². The highest BCUT2D eigenvalue weighted by molar-refractivity contribution is 4.45. The van der Waals surface area contributed by atoms with E-state index in [9.17, 15) is 0 Å². The molecule has 0 atom stereocenters. The van der Waals surface area contributed by atoms with Gasteiger partial charge >= 0.3 is 0 Å². The van der Waals surface area contributed by atoms with Gasteiger partial charge in [-0.15, -0.1) is 13.2 Å². The molecule has 0 aromatic heterocycles. The Bertz CT molecular complexity index is 48.9. The van der Waals surface area contributed by atoms with Crippen molar-refractivity contribution in [3.63, 3.8) is 0 Å². The number of rotatable bonds is 1. The summed E-state index contributed by atoms with van der Waals surface area (Å²) in [5.74, 6) is -1.96. The summed E-state index contributed by atoms with van der Waals surface area (Å²) in [5, 5.41) is 16.3. The van der Waals surface area contributed by atoms with Crippen molar-refractivity contribution in [2.24, 2.45) is 5.73 Å². The van der Waals surface area contributed by atoms with Crippen LogP contribution in [0.25, 0.3) is 0 Å². The maximum atomic E-state index is 8.16. The summed E-state index contributed by atoms with van der Waals surface area (Å²) in [5.41, 5.74) is 4.65. The van der Waals surface area contributed by atoms with Crippen LogP contribution in [0, 0.1) is 0 Å². The van der Waals surface area contributed by atoms with Crippen LogP contribution in [-0.4, -0.2) is 16.1 Å². The summed E-state index contributed by atoms with van der Waals surface area (Å²) in [6, 6.07) is 0. The molecule has 0 heterocycles. The third-order valence-electron chi connectivity index (χ3n) is 0.520. The van der Waals surface area contributed by atoms with Gasteiger partial charge in [-0.05, 0) is 0 Å². The Hall–Kier alpha value is -0.380. The summed E-state index contributed by atoms with van der Waals surface area (Å²) in [6.07, 6.45) is 0.160. The third kappa shape index (κ3) is 17.5. The molecule has 0 spiro atoms. The van der Waals surface area contributed by atoms with Crippen molar-refractivity contribution in [3.05, 3.63) is 13.2 Å². The molecular formula is C5H13NO2. The van der Waals surface area contributed by atoms with E-state index in [-0.39, 0.29) is 6.42 Å². The molecule has 0 rings (SSSR count). The second kappa shape index (κ2) is 4.77. The molecule has 0 saturated carbocycles. The van der Waals surface area contributed by atoms with Gasteiger partial charge in [0.1, 0.15) is 0 Å². The Balaban J connectivity index is 0. The first-order valence-corrected chi connectivity index (χ1v) is 2.30. The zero-order chi connectivity index (χ0) is 7.21. The molecule has 3 heteroatoms. The van der Waals surface area contributed by atoms with Crippen LogP contribution in [-0.2, 0) is 0 Å². The Morgan fingerprint density at radius 3 is 1.62 bits per heavy atom. The molecule has 0 bridgehead atoms. The lowest BCUT2D eigenvalue weighted by atomic mass is 10.4. The van der Waals surface area contributed by atoms with Gasteiger partial charge in [-0.1, -0.05) is 6.92 Å². The predicted octanol–water partition coefficient (Wildman–Crippen LogP) is -0.204. The molecule has 0 unspecified atom stereocenters. The van der Waals surface area contributed by atoms with E-state index in [0.29, 0.717) is 0 Å². The SMILES string of the molecule is C=C.CCC(N)(O)O. The van der Waals surface area contributed by atoms with Gasteiger partial charge in [0.25, 0.3) is 0 Å². The maximum Gasteiger partial charge on any atom is 0.219 e. The molecule has 0 radical (unpaired) electrons. The van der Waals surface area contributed by atoms with Crippen LogP contribution in [0.15, 0.2) is 13.2 Å². The van der Waals surface area contributed by atoms with E-state index in [0.717, 1.165) is 0 Å². The quantitative estimate of drug-likeness (QED) is 0.330. The Labute approximate surface area is 49.4 Å². The molecule has 0 aliphatic heterocycles. The maximum absolute atomic E-state index is 8.16. The van der Waals surface area contributed by atoms with Crippen LogP contribution in [0.1, 0.15) is 13.3 Å². The van der Waals surface area contributed by atoms with Crippen LogP contribution in [0.2, 0.25) is 0 Å². The fourth-order valence-electron chi connectivity index (χ4n) is 0. The fraction of sp³-hybridized carbons (Fsp3) is 0.600. The minimum atomic E-state index is -1.96. The molecule has 3 nitrogen and oxygen atoms in total. The largest absolute Gasteiger partial charge is 0.354 e. The van der Waals surface area contributed by atoms with E-state index >= 15 is 0 Å². The molecule has 0 amide bonds. The third-order valence-corrected chi connectivity index (χ3v) is 0.520. The van der Waals surface area contributed by atoms with Crippen LogP contribution in [0.5, 0.6) is 0 Å². The highest BCUT2D eigenvalue weighted by Gasteiger charge is 2.09. The topological polar surface area (TPSA) is 66.5 Å². The van der Waals surface area contributed by atoms with E-state index in [2.05, 4.69) is 18.9 Å². The highest BCUT2D eigenvalue weighted by atomic mass is 16.5. The summed E-state index contributed by atoms with van der Waals surface area (Å²) in [6.45, 7) is 7.58. The molecule has 50 valence electrons. The van der Waals surface area contributed by atoms with Gasteiger partial charge in [0, 0.05) is 6.42 Å². The highest BCUT2D eigenvalue weighted by Crippen LogP contribution is 1.90. The first-order valence-electron chi connectivity index (χ1n) is 2.30. The van der Waals surface area contributed by atoms with Crippen molar-refractivity contribution in [2.75, 3.05) is 0 Å². The van der Waals surface area contributed by atoms with Crippen LogP contribution in [0.4, 0.5) is 0 Å². The van der Waals surface area contributed by atoms with Crippen LogP contribution < -0.4 is 5.73 Å². The van der Waals surface area contributed by atoms with Crippen molar-refractivity contribution in [1.82, 2.24) is 0 Å². The van der Waals surface area contributed by atoms with Crippen LogP contribution >= 0.6 is 0 Å². The minimum absolute atomic E-state index is 0.160. The lowest BCUT2D eigenvalue weighted by Crippen LogP contribution is -2.37. The van der Waals surface area contributed by atoms with E-state index in [1.807, 2.05) is 0 Å². The lowest BCUT2D eigenvalue weighted by Gasteiger charge is -2.10. The van der Waals surface area contributed by atoms with Crippen LogP contribution in [0.3, 0.4) is 0 Å². The molecule has 0 aromatic rings. The number of nitrogens with two attached hydrogens (primary N) is 1. The molecule has 0 saturated heterocycles. The number of hydrogen-bond donors (Lipinski definition) is 3. The Kier molecular flexibility index (Phi) is 6.31. The zero-order valence-electron chi connectivity index (χ0n) is 5.09. The zero-order valence-corrected chi connectivity index (χ0v) is 5.09. The van der Waals surface area contributed by atoms with Gasteiger partial charge < -0.3 is 10.2 Å². The number of hydrogen-bond acceptors (Lipinski definition) is 3. The smallest absolute Gasteiger partial charge is 0.219 e. The first kappa shape index (κ1) is 10.6. The van der Waals surface area contributed by atoms with Gasteiger partial charge in [-0.3, -0.25) is 5.73 Å². The minimum Gasteiger partial charge on any atom is -0.354 e. The Morgan fingerprint density at radius 1 is 1.50 bits per heavy atom. The van der Waals surface area contributed by atoms with Gasteiger partial charge in [0.05, 0.1) is 0 Å². The Morgan fingerprint density at radius 2 is 1.62 bits per heavy atom. The second-order valence-corrected chi connectivity index (χ2v) is 1.23. The van der Waals surface area contributed by atoms with Gasteiger partial charge in [0.2, 0.25) is 5.91 Å². The monoisotopic (exact) mass is 119 g/mol. The first-order chi connectivity index (χ1) is 3.56. The summed E-state index contributed by atoms with van der Waals surface area (Å²) >= 11 is 0. The average Bonchev–Trinajstić information content (AvgIpc) is 1.71. The van der Waals surface area contributed by atoms with Crippen molar-refractivity contribution >= 4 is 0 Å². The summed E-state index contributed by atoms with van der Waals surface area (Å²) in [4.78, 5) is 0. The molecule has 0 aliphatic carbocycles. The van der Waals surface area contributed by atoms with Gasteiger partial charge in [-0.25, -0.2) is 0 Å². The van der Waals surface area contributed by atoms with E-state index in [1.54, 1.807) is 6.92 Å². The van der Waals surface area contributed by atoms with E-state index in [4.69, 9.17) is 10.2 Å². The fourth-order valence-corrected chi connectivity index (χ4v) is 0. The summed E-state index contributed by atoms with van der Waals surface area (Å²) in [7, 11) is 0. The predicted molar refractivity (Wildman–Crippen MR) is 32.9 cm³/mol. The molecular weight excluding hydrogens is 106 g/mol. The van der Waals surface area contributed by atoms with Crippen molar-refractivity contribution in [3.8, 4) is 0 Å². The van der Waals surface area contributed by atoms with E-state index < -0.39 is 5.91 Å². The second-order valence-electron chi connectivity index (χ2n) is 1.23. The molecule has 0 aromatic carbocycles. The molecule has 4 N–H and O–H groups in total. The molecule has 0 aliphatic rings. The summed E-state index contributed by atoms with van der Waals surface area (Å²) < 4.78 is 0. The molecule has 8 heavy (non-hydrogen) atoms. The van der Waals surface area contributed by atoms with Crippen molar-refractivity contribution in [1.29, 1.82) is 0 Å². The lowest BCUT2D eigenvalue weighted by molar-refractivity contribution is -0.156. The average molecular weight is 119 g/mol. The molecule has 0 fully saturated rings. The normalized spacial score (nSPS) is 9.50. The standard InChI is InChI=1S/C3H9NO2.C2H4/c1-2-3(4,5)6;1-2/h5-6H,2,4H2,1H3;1-2H2. The van der Waals surface area contributed by atoms with E-state index in [1.165, 1.54) is 0 Å². The van der Waals surface area contributed by atoms with Gasteiger partial charge in [0.15, 0.2) is 0 Å². The number of aliphatic hydroxyl groups is 2.